The fourth-order valence-corrected chi connectivity index (χ4v) is 4.44. The van der Waals surface area contributed by atoms with E-state index in [1.807, 2.05) is 18.2 Å². The molecule has 0 aliphatic carbocycles. The maximum Gasteiger partial charge on any atom is 0.254 e. The van der Waals surface area contributed by atoms with Gasteiger partial charge in [-0.3, -0.25) is 14.4 Å². The van der Waals surface area contributed by atoms with Gasteiger partial charge in [-0.15, -0.1) is 0 Å². The molecule has 2 aromatic carbocycles. The van der Waals surface area contributed by atoms with E-state index >= 15 is 0 Å². The van der Waals surface area contributed by atoms with Crippen molar-refractivity contribution in [2.45, 2.75) is 19.4 Å². The summed E-state index contributed by atoms with van der Waals surface area (Å²) in [5.74, 6) is 0.0237. The van der Waals surface area contributed by atoms with Crippen molar-refractivity contribution in [2.75, 3.05) is 36.4 Å². The van der Waals surface area contributed by atoms with Crippen molar-refractivity contribution in [1.82, 2.24) is 15.2 Å². The van der Waals surface area contributed by atoms with Crippen LogP contribution in [0.1, 0.15) is 22.3 Å². The van der Waals surface area contributed by atoms with Crippen molar-refractivity contribution < 1.29 is 14.4 Å². The molecule has 0 saturated carbocycles. The molecule has 0 spiro atoms. The minimum absolute atomic E-state index is 0.0705. The molecular formula is C25H25N5O3. The van der Waals surface area contributed by atoms with Crippen LogP contribution in [0.15, 0.2) is 54.6 Å². The molecule has 2 N–H and O–H groups in total. The van der Waals surface area contributed by atoms with Crippen molar-refractivity contribution >= 4 is 40.1 Å². The van der Waals surface area contributed by atoms with Gasteiger partial charge in [-0.1, -0.05) is 30.3 Å². The lowest BCUT2D eigenvalue weighted by atomic mass is 10.1. The normalized spacial score (nSPS) is 18.4. The summed E-state index contributed by atoms with van der Waals surface area (Å²) in [6.45, 7) is 4.47. The first-order valence-corrected chi connectivity index (χ1v) is 11.1. The second kappa shape index (κ2) is 8.54. The maximum atomic E-state index is 12.9. The summed E-state index contributed by atoms with van der Waals surface area (Å²) < 4.78 is 0. The SMILES string of the molecule is Cc1cc(N2CCN(C(=O)C[C@H]3NC(=O)c4ccccc4NC3=O)CC2)nc2ccccc12. The van der Waals surface area contributed by atoms with Gasteiger partial charge in [0.15, 0.2) is 0 Å². The molecule has 3 aromatic rings. The van der Waals surface area contributed by atoms with Crippen LogP contribution in [0.3, 0.4) is 0 Å². The van der Waals surface area contributed by atoms with Crippen LogP contribution in [-0.2, 0) is 9.59 Å². The van der Waals surface area contributed by atoms with Crippen LogP contribution in [0.2, 0.25) is 0 Å². The van der Waals surface area contributed by atoms with Crippen molar-refractivity contribution in [2.24, 2.45) is 0 Å². The zero-order valence-electron chi connectivity index (χ0n) is 18.4. The number of benzene rings is 2. The van der Waals surface area contributed by atoms with E-state index in [1.54, 1.807) is 29.2 Å². The second-order valence-electron chi connectivity index (χ2n) is 8.45. The summed E-state index contributed by atoms with van der Waals surface area (Å²) >= 11 is 0. The molecule has 3 heterocycles. The van der Waals surface area contributed by atoms with Crippen LogP contribution < -0.4 is 15.5 Å². The Bertz CT molecular complexity index is 1250. The molecule has 3 amide bonds. The number of carbonyl (C=O) groups excluding carboxylic acids is 3. The van der Waals surface area contributed by atoms with Crippen molar-refractivity contribution in [3.05, 3.63) is 65.7 Å². The van der Waals surface area contributed by atoms with E-state index < -0.39 is 6.04 Å². The molecule has 0 unspecified atom stereocenters. The summed E-state index contributed by atoms with van der Waals surface area (Å²) in [7, 11) is 0. The molecule has 1 fully saturated rings. The van der Waals surface area contributed by atoms with Gasteiger partial charge in [0.25, 0.3) is 5.91 Å². The molecule has 1 atom stereocenters. The zero-order chi connectivity index (χ0) is 22.9. The highest BCUT2D eigenvalue weighted by atomic mass is 16.2. The summed E-state index contributed by atoms with van der Waals surface area (Å²) in [4.78, 5) is 46.8. The van der Waals surface area contributed by atoms with Gasteiger partial charge in [-0.2, -0.15) is 0 Å². The van der Waals surface area contributed by atoms with Crippen LogP contribution in [0.4, 0.5) is 11.5 Å². The number of fused-ring (bicyclic) bond motifs is 2. The third-order valence-electron chi connectivity index (χ3n) is 6.30. The van der Waals surface area contributed by atoms with Crippen molar-refractivity contribution in [3.8, 4) is 0 Å². The number of nitrogens with zero attached hydrogens (tertiary/aromatic N) is 3. The number of hydrogen-bond donors (Lipinski definition) is 2. The number of anilines is 2. The molecule has 5 rings (SSSR count). The highest BCUT2D eigenvalue weighted by molar-refractivity contribution is 6.10. The monoisotopic (exact) mass is 443 g/mol. The second-order valence-corrected chi connectivity index (χ2v) is 8.45. The molecule has 0 radical (unpaired) electrons. The number of aryl methyl sites for hydroxylation is 1. The molecule has 8 nitrogen and oxygen atoms in total. The number of aromatic nitrogens is 1. The highest BCUT2D eigenvalue weighted by Gasteiger charge is 2.32. The molecule has 33 heavy (non-hydrogen) atoms. The van der Waals surface area contributed by atoms with E-state index in [0.717, 1.165) is 16.7 Å². The van der Waals surface area contributed by atoms with Crippen molar-refractivity contribution in [3.63, 3.8) is 0 Å². The Hall–Kier alpha value is -3.94. The molecule has 0 bridgehead atoms. The Morgan fingerprint density at radius 3 is 2.58 bits per heavy atom. The quantitative estimate of drug-likeness (QED) is 0.648. The largest absolute Gasteiger partial charge is 0.353 e. The van der Waals surface area contributed by atoms with Crippen LogP contribution in [0.25, 0.3) is 10.9 Å². The topological polar surface area (TPSA) is 94.6 Å². The lowest BCUT2D eigenvalue weighted by Crippen LogP contribution is -2.51. The van der Waals surface area contributed by atoms with Crippen molar-refractivity contribution in [1.29, 1.82) is 0 Å². The number of hydrogen-bond acceptors (Lipinski definition) is 5. The molecule has 1 aromatic heterocycles. The van der Waals surface area contributed by atoms with Crippen LogP contribution in [0.5, 0.6) is 0 Å². The molecule has 8 heteroatoms. The first-order valence-electron chi connectivity index (χ1n) is 11.1. The predicted molar refractivity (Wildman–Crippen MR) is 126 cm³/mol. The van der Waals surface area contributed by atoms with E-state index in [0.29, 0.717) is 37.4 Å². The summed E-state index contributed by atoms with van der Waals surface area (Å²) in [5, 5.41) is 6.58. The third-order valence-corrected chi connectivity index (χ3v) is 6.30. The first-order chi connectivity index (χ1) is 16.0. The van der Waals surface area contributed by atoms with E-state index in [9.17, 15) is 14.4 Å². The number of rotatable bonds is 3. The lowest BCUT2D eigenvalue weighted by molar-refractivity contribution is -0.134. The summed E-state index contributed by atoms with van der Waals surface area (Å²) in [6, 6.07) is 16.1. The van der Waals surface area contributed by atoms with Gasteiger partial charge in [-0.25, -0.2) is 4.98 Å². The Balaban J connectivity index is 1.22. The lowest BCUT2D eigenvalue weighted by Gasteiger charge is -2.36. The van der Waals surface area contributed by atoms with Gasteiger partial charge < -0.3 is 20.4 Å². The smallest absolute Gasteiger partial charge is 0.254 e. The molecule has 168 valence electrons. The van der Waals surface area contributed by atoms with Crippen LogP contribution in [-0.4, -0.2) is 59.8 Å². The Morgan fingerprint density at radius 1 is 1.03 bits per heavy atom. The standard InChI is InChI=1S/C25H25N5O3/c1-16-14-22(26-19-8-4-2-6-17(16)19)29-10-12-30(13-11-29)23(31)15-21-25(33)27-20-9-5-3-7-18(20)24(32)28-21/h2-9,14,21H,10-13,15H2,1H3,(H,27,33)(H,28,32)/t21-/m1/s1. The fraction of sp³-hybridized carbons (Fsp3) is 0.280. The van der Waals surface area contributed by atoms with E-state index in [4.69, 9.17) is 4.98 Å². The summed E-state index contributed by atoms with van der Waals surface area (Å²) in [5.41, 5.74) is 2.99. The summed E-state index contributed by atoms with van der Waals surface area (Å²) in [6.07, 6.45) is -0.0705. The molecule has 2 aliphatic rings. The number of amides is 3. The minimum Gasteiger partial charge on any atom is -0.353 e. The van der Waals surface area contributed by atoms with Gasteiger partial charge in [0.2, 0.25) is 11.8 Å². The van der Waals surface area contributed by atoms with E-state index in [1.165, 1.54) is 5.56 Å². The number of piperazine rings is 1. The van der Waals surface area contributed by atoms with Gasteiger partial charge in [-0.05, 0) is 36.8 Å². The Morgan fingerprint density at radius 2 is 1.76 bits per heavy atom. The highest BCUT2D eigenvalue weighted by Crippen LogP contribution is 2.24. The number of nitrogens with one attached hydrogen (secondary N) is 2. The fourth-order valence-electron chi connectivity index (χ4n) is 4.44. The molecule has 2 aliphatic heterocycles. The average Bonchev–Trinajstić information content (AvgIpc) is 2.95. The Kier molecular flexibility index (Phi) is 5.42. The first kappa shape index (κ1) is 20.9. The number of pyridine rings is 1. The minimum atomic E-state index is -0.903. The molecule has 1 saturated heterocycles. The van der Waals surface area contributed by atoms with Crippen LogP contribution in [0, 0.1) is 6.92 Å². The van der Waals surface area contributed by atoms with E-state index in [-0.39, 0.29) is 24.1 Å². The van der Waals surface area contributed by atoms with E-state index in [2.05, 4.69) is 34.6 Å². The number of carbonyl (C=O) groups is 3. The average molecular weight is 444 g/mol. The van der Waals surface area contributed by atoms with Gasteiger partial charge in [0.1, 0.15) is 11.9 Å². The number of para-hydroxylation sites is 2. The Labute approximate surface area is 191 Å². The molecular weight excluding hydrogens is 418 g/mol. The van der Waals surface area contributed by atoms with Gasteiger partial charge >= 0.3 is 0 Å². The maximum absolute atomic E-state index is 12.9. The van der Waals surface area contributed by atoms with Gasteiger partial charge in [0.05, 0.1) is 23.2 Å². The zero-order valence-corrected chi connectivity index (χ0v) is 18.4. The third kappa shape index (κ3) is 4.11. The predicted octanol–water partition coefficient (Wildman–Crippen LogP) is 2.33. The van der Waals surface area contributed by atoms with Crippen LogP contribution >= 0.6 is 0 Å². The van der Waals surface area contributed by atoms with Gasteiger partial charge in [0, 0.05) is 31.6 Å².